The third-order valence-corrected chi connectivity index (χ3v) is 5.94. The van der Waals surface area contributed by atoms with Gasteiger partial charge in [0.1, 0.15) is 10.9 Å². The van der Waals surface area contributed by atoms with Gasteiger partial charge in [0.05, 0.1) is 6.54 Å². The maximum Gasteiger partial charge on any atom is 0.290 e. The lowest BCUT2D eigenvalue weighted by molar-refractivity contribution is -0.00314. The summed E-state index contributed by atoms with van der Waals surface area (Å²) in [5.74, 6) is -3.26. The van der Waals surface area contributed by atoms with Crippen molar-refractivity contribution < 1.29 is 13.6 Å². The third kappa shape index (κ3) is 4.90. The van der Waals surface area contributed by atoms with Gasteiger partial charge in [-0.25, -0.2) is 4.98 Å². The van der Waals surface area contributed by atoms with Gasteiger partial charge in [0, 0.05) is 10.5 Å². The van der Waals surface area contributed by atoms with Crippen LogP contribution in [0, 0.1) is 34.6 Å². The smallest absolute Gasteiger partial charge is 0.290 e. The molecule has 0 aliphatic carbocycles. The summed E-state index contributed by atoms with van der Waals surface area (Å²) in [6, 6.07) is 10.8. The number of carbonyl (C=O) groups excluding carboxylic acids is 1. The molecular formula is C23H25F2N3OS. The molecule has 0 spiro atoms. The van der Waals surface area contributed by atoms with E-state index in [1.54, 1.807) is 26.0 Å². The van der Waals surface area contributed by atoms with E-state index in [-0.39, 0.29) is 11.3 Å². The van der Waals surface area contributed by atoms with E-state index in [2.05, 4.69) is 15.3 Å². The minimum atomic E-state index is -3.18. The second-order valence-corrected chi connectivity index (χ2v) is 8.64. The van der Waals surface area contributed by atoms with Crippen molar-refractivity contribution in [3.05, 3.63) is 75.7 Å². The predicted octanol–water partition coefficient (Wildman–Crippen LogP) is 5.62. The number of nitrogens with one attached hydrogen (secondary N) is 2. The van der Waals surface area contributed by atoms with Crippen molar-refractivity contribution in [3.63, 3.8) is 0 Å². The van der Waals surface area contributed by atoms with Crippen LogP contribution in [-0.2, 0) is 5.92 Å². The Bertz CT molecular complexity index is 1090. The molecule has 1 amide bonds. The summed E-state index contributed by atoms with van der Waals surface area (Å²) >= 11 is 1.35. The highest BCUT2D eigenvalue weighted by Crippen LogP contribution is 2.32. The molecule has 1 aromatic heterocycles. The van der Waals surface area contributed by atoms with Crippen LogP contribution in [0.4, 0.5) is 8.78 Å². The average molecular weight is 430 g/mol. The van der Waals surface area contributed by atoms with Gasteiger partial charge in [0.25, 0.3) is 11.8 Å². The van der Waals surface area contributed by atoms with E-state index in [4.69, 9.17) is 0 Å². The number of benzene rings is 2. The van der Waals surface area contributed by atoms with Crippen molar-refractivity contribution in [1.82, 2.24) is 15.3 Å². The first-order valence-electron chi connectivity index (χ1n) is 9.62. The van der Waals surface area contributed by atoms with Gasteiger partial charge in [0.15, 0.2) is 5.69 Å². The molecule has 3 aromatic rings. The fourth-order valence-electron chi connectivity index (χ4n) is 3.19. The van der Waals surface area contributed by atoms with Crippen LogP contribution in [0.15, 0.2) is 46.3 Å². The summed E-state index contributed by atoms with van der Waals surface area (Å²) in [4.78, 5) is 20.9. The molecule has 0 aliphatic heterocycles. The SMILES string of the molecule is Cc1ccc(C(F)(F)CNC(=O)c2nc(C)[nH]c2Sc2ccc(C)c(C)c2)c(C)c1. The van der Waals surface area contributed by atoms with Gasteiger partial charge in [-0.05, 0) is 63.4 Å². The van der Waals surface area contributed by atoms with Gasteiger partial charge in [-0.1, -0.05) is 41.6 Å². The van der Waals surface area contributed by atoms with Crippen molar-refractivity contribution in [2.75, 3.05) is 6.54 Å². The Morgan fingerprint density at radius 2 is 1.77 bits per heavy atom. The van der Waals surface area contributed by atoms with E-state index in [9.17, 15) is 13.6 Å². The summed E-state index contributed by atoms with van der Waals surface area (Å²) in [6.07, 6.45) is 0. The van der Waals surface area contributed by atoms with Crippen molar-refractivity contribution in [2.24, 2.45) is 0 Å². The van der Waals surface area contributed by atoms with Crippen LogP contribution in [0.25, 0.3) is 0 Å². The molecular weight excluding hydrogens is 404 g/mol. The molecule has 30 heavy (non-hydrogen) atoms. The lowest BCUT2D eigenvalue weighted by Gasteiger charge is -2.19. The molecule has 158 valence electrons. The second kappa shape index (κ2) is 8.60. The molecule has 3 rings (SSSR count). The molecule has 4 nitrogen and oxygen atoms in total. The topological polar surface area (TPSA) is 57.8 Å². The van der Waals surface area contributed by atoms with Gasteiger partial charge < -0.3 is 10.3 Å². The van der Waals surface area contributed by atoms with Crippen molar-refractivity contribution in [3.8, 4) is 0 Å². The number of hydrogen-bond donors (Lipinski definition) is 2. The van der Waals surface area contributed by atoms with Gasteiger partial charge in [-0.2, -0.15) is 8.78 Å². The van der Waals surface area contributed by atoms with Crippen LogP contribution in [0.1, 0.15) is 44.1 Å². The Morgan fingerprint density at radius 3 is 2.43 bits per heavy atom. The van der Waals surface area contributed by atoms with Crippen LogP contribution in [-0.4, -0.2) is 22.4 Å². The average Bonchev–Trinajstić information content (AvgIpc) is 3.03. The molecule has 0 fully saturated rings. The molecule has 0 unspecified atom stereocenters. The molecule has 1 heterocycles. The normalized spacial score (nSPS) is 11.6. The fourth-order valence-corrected chi connectivity index (χ4v) is 4.23. The molecule has 2 N–H and O–H groups in total. The monoisotopic (exact) mass is 429 g/mol. The Kier molecular flexibility index (Phi) is 6.31. The zero-order chi connectivity index (χ0) is 22.1. The number of carbonyl (C=O) groups is 1. The van der Waals surface area contributed by atoms with E-state index >= 15 is 0 Å². The van der Waals surface area contributed by atoms with Crippen LogP contribution in [0.5, 0.6) is 0 Å². The van der Waals surface area contributed by atoms with E-state index < -0.39 is 18.4 Å². The number of halogens is 2. The standard InChI is InChI=1S/C23H25F2N3OS/c1-13-6-9-19(16(4)10-13)23(24,25)12-26-21(29)20-22(28-17(5)27-20)30-18-8-7-14(2)15(3)11-18/h6-11H,12H2,1-5H3,(H,26,29)(H,27,28). The van der Waals surface area contributed by atoms with Crippen LogP contribution >= 0.6 is 11.8 Å². The van der Waals surface area contributed by atoms with E-state index in [0.717, 1.165) is 16.0 Å². The largest absolute Gasteiger partial charge is 0.344 e. The molecule has 7 heteroatoms. The van der Waals surface area contributed by atoms with E-state index in [0.29, 0.717) is 16.4 Å². The number of H-pyrrole nitrogens is 1. The Labute approximate surface area is 179 Å². The summed E-state index contributed by atoms with van der Waals surface area (Å²) in [7, 11) is 0. The second-order valence-electron chi connectivity index (χ2n) is 7.55. The Balaban J connectivity index is 1.76. The molecule has 0 saturated heterocycles. The van der Waals surface area contributed by atoms with Gasteiger partial charge >= 0.3 is 0 Å². The molecule has 0 saturated carbocycles. The lowest BCUT2D eigenvalue weighted by Crippen LogP contribution is -2.35. The maximum absolute atomic E-state index is 14.7. The Morgan fingerprint density at radius 1 is 1.03 bits per heavy atom. The number of alkyl halides is 2. The minimum absolute atomic E-state index is 0.0867. The number of aromatic amines is 1. The van der Waals surface area contributed by atoms with Crippen molar-refractivity contribution in [1.29, 1.82) is 0 Å². The van der Waals surface area contributed by atoms with Crippen LogP contribution < -0.4 is 5.32 Å². The number of amides is 1. The number of rotatable bonds is 6. The van der Waals surface area contributed by atoms with Gasteiger partial charge in [0.2, 0.25) is 0 Å². The highest BCUT2D eigenvalue weighted by atomic mass is 32.2. The zero-order valence-corrected chi connectivity index (χ0v) is 18.5. The molecule has 0 radical (unpaired) electrons. The predicted molar refractivity (Wildman–Crippen MR) is 116 cm³/mol. The quantitative estimate of drug-likeness (QED) is 0.534. The van der Waals surface area contributed by atoms with E-state index in [1.807, 2.05) is 39.0 Å². The van der Waals surface area contributed by atoms with Crippen molar-refractivity contribution >= 4 is 17.7 Å². The third-order valence-electron chi connectivity index (χ3n) is 4.95. The minimum Gasteiger partial charge on any atom is -0.344 e. The first-order chi connectivity index (χ1) is 14.1. The van der Waals surface area contributed by atoms with Gasteiger partial charge in [-0.3, -0.25) is 4.79 Å². The summed E-state index contributed by atoms with van der Waals surface area (Å²) in [6.45, 7) is 8.47. The molecule has 0 bridgehead atoms. The maximum atomic E-state index is 14.7. The highest BCUT2D eigenvalue weighted by molar-refractivity contribution is 7.99. The first-order valence-corrected chi connectivity index (χ1v) is 10.4. The summed E-state index contributed by atoms with van der Waals surface area (Å²) in [5.41, 5.74) is 3.75. The van der Waals surface area contributed by atoms with Crippen LogP contribution in [0.3, 0.4) is 0 Å². The van der Waals surface area contributed by atoms with Gasteiger partial charge in [-0.15, -0.1) is 0 Å². The zero-order valence-electron chi connectivity index (χ0n) is 17.7. The highest BCUT2D eigenvalue weighted by Gasteiger charge is 2.34. The van der Waals surface area contributed by atoms with Crippen molar-refractivity contribution in [2.45, 2.75) is 50.5 Å². The molecule has 0 atom stereocenters. The first kappa shape index (κ1) is 22.0. The molecule has 0 aliphatic rings. The molecule has 2 aromatic carbocycles. The number of aryl methyl sites for hydroxylation is 5. The number of aromatic nitrogens is 2. The fraction of sp³-hybridized carbons (Fsp3) is 0.304. The van der Waals surface area contributed by atoms with Crippen LogP contribution in [0.2, 0.25) is 0 Å². The summed E-state index contributed by atoms with van der Waals surface area (Å²) in [5, 5.41) is 2.89. The lowest BCUT2D eigenvalue weighted by atomic mass is 10.0. The summed E-state index contributed by atoms with van der Waals surface area (Å²) < 4.78 is 29.4. The Hall–Kier alpha value is -2.67. The number of imidazole rings is 1. The number of hydrogen-bond acceptors (Lipinski definition) is 3. The van der Waals surface area contributed by atoms with E-state index in [1.165, 1.54) is 23.4 Å². The number of nitrogens with zero attached hydrogens (tertiary/aromatic N) is 1.